The molecule has 4 atom stereocenters. The lowest BCUT2D eigenvalue weighted by atomic mass is 10.1. The maximum atomic E-state index is 15.3. The van der Waals surface area contributed by atoms with Gasteiger partial charge in [0.1, 0.15) is 23.4 Å². The van der Waals surface area contributed by atoms with Crippen molar-refractivity contribution in [3.63, 3.8) is 0 Å². The highest BCUT2D eigenvalue weighted by Gasteiger charge is 2.47. The second kappa shape index (κ2) is 13.5. The van der Waals surface area contributed by atoms with Gasteiger partial charge in [-0.05, 0) is 25.4 Å². The Morgan fingerprint density at radius 3 is 2.67 bits per heavy atom. The normalized spacial score (nSPS) is 24.5. The van der Waals surface area contributed by atoms with E-state index in [-0.39, 0.29) is 5.17 Å². The Bertz CT molecular complexity index is 689. The topological polar surface area (TPSA) is 92.6 Å². The van der Waals surface area contributed by atoms with E-state index in [0.717, 1.165) is 25.7 Å². The van der Waals surface area contributed by atoms with E-state index >= 15 is 4.39 Å². The smallest absolute Gasteiger partial charge is 0.180 e. The molecule has 1 saturated heterocycles. The van der Waals surface area contributed by atoms with Gasteiger partial charge in [0.2, 0.25) is 0 Å². The molecule has 1 aliphatic rings. The molecule has 0 spiro atoms. The van der Waals surface area contributed by atoms with Crippen LogP contribution in [0.1, 0.15) is 57.2 Å². The summed E-state index contributed by atoms with van der Waals surface area (Å²) in [6.07, 6.45) is 5.82. The van der Waals surface area contributed by atoms with Crippen LogP contribution < -0.4 is 0 Å². The van der Waals surface area contributed by atoms with Crippen LogP contribution in [0.5, 0.6) is 0 Å². The summed E-state index contributed by atoms with van der Waals surface area (Å²) in [5, 5.41) is 8.52. The molecule has 0 aliphatic carbocycles. The van der Waals surface area contributed by atoms with E-state index in [9.17, 15) is 0 Å². The van der Waals surface area contributed by atoms with Crippen LogP contribution in [-0.2, 0) is 14.2 Å². The molecule has 10 heteroatoms. The molecule has 1 aromatic heterocycles. The number of H-pyrrole nitrogens is 1. The van der Waals surface area contributed by atoms with E-state index in [1.54, 1.807) is 12.5 Å². The van der Waals surface area contributed by atoms with Gasteiger partial charge >= 0.3 is 0 Å². The zero-order valence-corrected chi connectivity index (χ0v) is 19.8. The number of halogens is 1. The summed E-state index contributed by atoms with van der Waals surface area (Å²) in [5.41, 5.74) is 0.537. The maximum absolute atomic E-state index is 15.3. The number of nitrogens with one attached hydrogen (secondary N) is 2. The van der Waals surface area contributed by atoms with E-state index < -0.39 is 24.5 Å². The molecule has 0 radical (unpaired) electrons. The minimum Gasteiger partial charge on any atom is -0.379 e. The van der Waals surface area contributed by atoms with Gasteiger partial charge in [-0.2, -0.15) is 0 Å². The number of unbranched alkanes of at least 4 members (excludes halogenated alkanes) is 2. The Balaban J connectivity index is 2.12. The first-order valence-electron chi connectivity index (χ1n) is 10.3. The average Bonchev–Trinajstić information content (AvgIpc) is 3.35. The molecule has 7 nitrogen and oxygen atoms in total. The van der Waals surface area contributed by atoms with E-state index in [0.29, 0.717) is 36.4 Å². The SMILES string of the molecule is CCCCOC[C@H]1O[C@@H](c2cnc(/C(=N\C(=N)SC)SC)[nH]2)[C@H](F)[C@@H]1OCCCC. The number of alkyl halides is 1. The number of hydrogen-bond acceptors (Lipinski definition) is 7. The lowest BCUT2D eigenvalue weighted by Gasteiger charge is -2.20. The summed E-state index contributed by atoms with van der Waals surface area (Å²) >= 11 is 2.62. The Morgan fingerprint density at radius 1 is 1.27 bits per heavy atom. The Morgan fingerprint density at radius 2 is 2.00 bits per heavy atom. The van der Waals surface area contributed by atoms with Gasteiger partial charge in [-0.1, -0.05) is 38.5 Å². The second-order valence-electron chi connectivity index (χ2n) is 6.97. The van der Waals surface area contributed by atoms with E-state index in [1.165, 1.54) is 23.5 Å². The van der Waals surface area contributed by atoms with Gasteiger partial charge in [0.05, 0.1) is 18.5 Å². The molecule has 2 heterocycles. The molecule has 1 fully saturated rings. The Hall–Kier alpha value is -0.940. The van der Waals surface area contributed by atoms with E-state index in [4.69, 9.17) is 19.6 Å². The maximum Gasteiger partial charge on any atom is 0.180 e. The summed E-state index contributed by atoms with van der Waals surface area (Å²) < 4.78 is 32.9. The third kappa shape index (κ3) is 7.05. The molecular formula is C20H33FN4O3S2. The first-order chi connectivity index (χ1) is 14.5. The minimum absolute atomic E-state index is 0.187. The molecule has 0 aromatic carbocycles. The van der Waals surface area contributed by atoms with Crippen molar-refractivity contribution < 1.29 is 18.6 Å². The van der Waals surface area contributed by atoms with E-state index in [2.05, 4.69) is 28.8 Å². The zero-order chi connectivity index (χ0) is 21.9. The van der Waals surface area contributed by atoms with Gasteiger partial charge in [-0.3, -0.25) is 5.41 Å². The van der Waals surface area contributed by atoms with E-state index in [1.807, 2.05) is 6.26 Å². The summed E-state index contributed by atoms with van der Waals surface area (Å²) in [6.45, 7) is 5.60. The number of ether oxygens (including phenoxy) is 3. The summed E-state index contributed by atoms with van der Waals surface area (Å²) in [6, 6.07) is 0. The molecule has 2 N–H and O–H groups in total. The highest BCUT2D eigenvalue weighted by atomic mass is 32.2. The lowest BCUT2D eigenvalue weighted by Crippen LogP contribution is -2.34. The third-order valence-electron chi connectivity index (χ3n) is 4.72. The van der Waals surface area contributed by atoms with Crippen molar-refractivity contribution in [3.05, 3.63) is 17.7 Å². The predicted octanol–water partition coefficient (Wildman–Crippen LogP) is 4.60. The fraction of sp³-hybridized carbons (Fsp3) is 0.750. The van der Waals surface area contributed by atoms with Crippen molar-refractivity contribution in [3.8, 4) is 0 Å². The fourth-order valence-electron chi connectivity index (χ4n) is 3.03. The number of imidazole rings is 1. The third-order valence-corrected chi connectivity index (χ3v) is 5.87. The monoisotopic (exact) mass is 460 g/mol. The van der Waals surface area contributed by atoms with Gasteiger partial charge in [0, 0.05) is 13.2 Å². The molecule has 0 unspecified atom stereocenters. The highest BCUT2D eigenvalue weighted by Crippen LogP contribution is 2.37. The number of thioether (sulfide) groups is 2. The van der Waals surface area contributed by atoms with Crippen LogP contribution in [-0.4, -0.2) is 70.9 Å². The van der Waals surface area contributed by atoms with Gasteiger partial charge < -0.3 is 19.2 Å². The number of nitrogens with zero attached hydrogens (tertiary/aromatic N) is 2. The van der Waals surface area contributed by atoms with Crippen LogP contribution in [0.25, 0.3) is 0 Å². The first kappa shape index (κ1) is 25.3. The van der Waals surface area contributed by atoms with Crippen molar-refractivity contribution >= 4 is 33.7 Å². The lowest BCUT2D eigenvalue weighted by molar-refractivity contribution is -0.0671. The molecule has 0 bridgehead atoms. The summed E-state index contributed by atoms with van der Waals surface area (Å²) in [4.78, 5) is 11.7. The summed E-state index contributed by atoms with van der Waals surface area (Å²) in [5.74, 6) is 0.498. The van der Waals surface area contributed by atoms with Crippen molar-refractivity contribution in [2.24, 2.45) is 4.99 Å². The van der Waals surface area contributed by atoms with Gasteiger partial charge in [0.15, 0.2) is 17.2 Å². The standard InChI is InChI=1S/C20H33FN4O3S2/c1-5-7-9-26-12-14-17(27-10-8-6-2)15(21)16(28-14)13-11-23-18(24-13)19(29-3)25-20(22)30-4/h11,14-17,22H,5-10,12H2,1-4H3,(H,23,24)/b22-20?,25-19+/t14-,15+,16+,17-/m1/s1. The van der Waals surface area contributed by atoms with Crippen LogP contribution in [0.15, 0.2) is 11.2 Å². The number of aliphatic imine (C=N–C) groups is 1. The van der Waals surface area contributed by atoms with Gasteiger partial charge in [-0.15, -0.1) is 11.8 Å². The quantitative estimate of drug-likeness (QED) is 0.285. The molecule has 0 amide bonds. The number of rotatable bonds is 11. The second-order valence-corrected chi connectivity index (χ2v) is 8.56. The predicted molar refractivity (Wildman–Crippen MR) is 123 cm³/mol. The Kier molecular flexibility index (Phi) is 11.4. The molecule has 1 aromatic rings. The molecule has 30 heavy (non-hydrogen) atoms. The molecule has 170 valence electrons. The number of aromatic amines is 1. The zero-order valence-electron chi connectivity index (χ0n) is 18.2. The van der Waals surface area contributed by atoms with Gasteiger partial charge in [-0.25, -0.2) is 14.4 Å². The minimum atomic E-state index is -1.32. The molecule has 2 rings (SSSR count). The fourth-order valence-corrected chi connectivity index (χ4v) is 3.75. The van der Waals surface area contributed by atoms with Crippen LogP contribution in [0.2, 0.25) is 0 Å². The van der Waals surface area contributed by atoms with Crippen LogP contribution in [0.3, 0.4) is 0 Å². The first-order valence-corrected chi connectivity index (χ1v) is 12.8. The van der Waals surface area contributed by atoms with Crippen LogP contribution in [0.4, 0.5) is 4.39 Å². The molecule has 0 saturated carbocycles. The molecule has 1 aliphatic heterocycles. The van der Waals surface area contributed by atoms with Crippen molar-refractivity contribution in [2.45, 2.75) is 64.0 Å². The number of aromatic nitrogens is 2. The van der Waals surface area contributed by atoms with Crippen molar-refractivity contribution in [2.75, 3.05) is 32.3 Å². The van der Waals surface area contributed by atoms with Crippen LogP contribution in [0, 0.1) is 5.41 Å². The number of hydrogen-bond donors (Lipinski definition) is 2. The summed E-state index contributed by atoms with van der Waals surface area (Å²) in [7, 11) is 0. The van der Waals surface area contributed by atoms with Crippen molar-refractivity contribution in [1.29, 1.82) is 5.41 Å². The van der Waals surface area contributed by atoms with Crippen LogP contribution >= 0.6 is 23.5 Å². The Labute approximate surface area is 186 Å². The van der Waals surface area contributed by atoms with Gasteiger partial charge in [0.25, 0.3) is 0 Å². The largest absolute Gasteiger partial charge is 0.379 e. The highest BCUT2D eigenvalue weighted by molar-refractivity contribution is 8.15. The van der Waals surface area contributed by atoms with Crippen molar-refractivity contribution in [1.82, 2.24) is 9.97 Å². The average molecular weight is 461 g/mol. The number of amidine groups is 1. The molecular weight excluding hydrogens is 427 g/mol.